The highest BCUT2D eigenvalue weighted by atomic mass is 32.2. The Bertz CT molecular complexity index is 3210. The molecule has 1 atom stereocenters. The average Bonchev–Trinajstić information content (AvgIpc) is 3.64. The normalized spacial score (nSPS) is 14.5. The van der Waals surface area contributed by atoms with E-state index in [1.807, 2.05) is 97.1 Å². The first kappa shape index (κ1) is 36.0. The number of aromatic nitrogens is 6. The van der Waals surface area contributed by atoms with Crippen LogP contribution in [0.1, 0.15) is 22.3 Å². The Hall–Kier alpha value is -7.87. The lowest BCUT2D eigenvalue weighted by atomic mass is 9.67. The fourth-order valence-corrected chi connectivity index (χ4v) is 10.4. The summed E-state index contributed by atoms with van der Waals surface area (Å²) in [6.07, 6.45) is 0. The smallest absolute Gasteiger partial charge is 0.165 e. The van der Waals surface area contributed by atoms with Crippen LogP contribution in [0.25, 0.3) is 79.5 Å². The Morgan fingerprint density at radius 1 is 0.274 bits per heavy atom. The summed E-state index contributed by atoms with van der Waals surface area (Å²) in [6, 6.07) is 71.6. The molecule has 8 aromatic carbocycles. The Morgan fingerprint density at radius 3 is 1.23 bits per heavy atom. The second-order valence-corrected chi connectivity index (χ2v) is 16.5. The van der Waals surface area contributed by atoms with Crippen molar-refractivity contribution in [3.8, 4) is 79.5 Å². The van der Waals surface area contributed by atoms with Crippen LogP contribution in [0.15, 0.2) is 216 Å². The maximum absolute atomic E-state index is 5.23. The van der Waals surface area contributed by atoms with E-state index in [9.17, 15) is 0 Å². The van der Waals surface area contributed by atoms with Crippen LogP contribution in [-0.4, -0.2) is 29.9 Å². The fourth-order valence-electron chi connectivity index (χ4n) is 9.10. The lowest BCUT2D eigenvalue weighted by Crippen LogP contribution is -2.32. The first-order chi connectivity index (χ1) is 30.7. The average molecular weight is 811 g/mol. The Morgan fingerprint density at radius 2 is 0.677 bits per heavy atom. The van der Waals surface area contributed by atoms with Gasteiger partial charge in [-0.15, -0.1) is 0 Å². The molecule has 0 fully saturated rings. The molecule has 0 N–H and O–H groups in total. The van der Waals surface area contributed by atoms with Crippen LogP contribution in [0.4, 0.5) is 0 Å². The molecule has 1 spiro atoms. The van der Waals surface area contributed by atoms with Crippen LogP contribution in [0.3, 0.4) is 0 Å². The van der Waals surface area contributed by atoms with Crippen molar-refractivity contribution < 1.29 is 0 Å². The molecule has 62 heavy (non-hydrogen) atoms. The van der Waals surface area contributed by atoms with Gasteiger partial charge in [0.25, 0.3) is 0 Å². The van der Waals surface area contributed by atoms with Crippen molar-refractivity contribution in [2.45, 2.75) is 15.2 Å². The summed E-state index contributed by atoms with van der Waals surface area (Å²) >= 11 is 1.78. The molecule has 0 saturated heterocycles. The van der Waals surface area contributed by atoms with Crippen molar-refractivity contribution in [2.24, 2.45) is 0 Å². The number of hydrogen-bond acceptors (Lipinski definition) is 7. The van der Waals surface area contributed by atoms with Crippen LogP contribution in [0.2, 0.25) is 0 Å². The van der Waals surface area contributed by atoms with Crippen molar-refractivity contribution in [3.63, 3.8) is 0 Å². The topological polar surface area (TPSA) is 77.3 Å². The van der Waals surface area contributed by atoms with Crippen molar-refractivity contribution in [2.75, 3.05) is 0 Å². The number of rotatable bonds is 6. The fraction of sp³-hybridized carbons (Fsp3) is 0.0182. The minimum atomic E-state index is -0.676. The molecule has 6 nitrogen and oxygen atoms in total. The molecule has 0 radical (unpaired) electrons. The van der Waals surface area contributed by atoms with Crippen LogP contribution >= 0.6 is 11.8 Å². The standard InChI is InChI=1S/C55H34N6S/c1-5-18-35(19-6-1)49-56-50(36-20-7-2-8-21-36)59-53(58-49)39-32-33-41-40-26-13-14-28-43(40)55(46(41)34-39)44-29-15-16-31-47(44)62-48-42(27-17-30-45(48)55)54-60-51(37-22-9-3-10-23-37)57-52(61-54)38-24-11-4-12-25-38/h1-34H. The SMILES string of the molecule is c1ccc(-c2nc(-c3ccccc3)nc(-c3ccc4c(c3)C3(c5ccccc5Sc5c(-c6nc(-c7ccccc7)nc(-c7ccccc7)n6)cccc53)c3ccccc3-4)n2)cc1. The third-order valence-corrected chi connectivity index (χ3v) is 13.1. The number of fused-ring (bicyclic) bond motifs is 9. The molecule has 0 amide bonds. The van der Waals surface area contributed by atoms with E-state index in [0.717, 1.165) is 38.3 Å². The molecule has 290 valence electrons. The molecule has 1 unspecified atom stereocenters. The van der Waals surface area contributed by atoms with E-state index in [2.05, 4.69) is 109 Å². The summed E-state index contributed by atoms with van der Waals surface area (Å²) in [5.41, 5.74) is 12.1. The zero-order valence-electron chi connectivity index (χ0n) is 33.2. The zero-order chi connectivity index (χ0) is 41.0. The van der Waals surface area contributed by atoms with Crippen molar-refractivity contribution in [3.05, 3.63) is 229 Å². The van der Waals surface area contributed by atoms with E-state index in [1.54, 1.807) is 11.8 Å². The number of nitrogens with zero attached hydrogens (tertiary/aromatic N) is 6. The summed E-state index contributed by atoms with van der Waals surface area (Å²) in [7, 11) is 0. The van der Waals surface area contributed by atoms with Gasteiger partial charge in [-0.3, -0.25) is 0 Å². The minimum Gasteiger partial charge on any atom is -0.208 e. The van der Waals surface area contributed by atoms with Gasteiger partial charge in [-0.05, 0) is 45.5 Å². The molecule has 0 bridgehead atoms. The van der Waals surface area contributed by atoms with Gasteiger partial charge in [-0.2, -0.15) is 0 Å². The Labute approximate surface area is 363 Å². The lowest BCUT2D eigenvalue weighted by Gasteiger charge is -2.40. The number of hydrogen-bond donors (Lipinski definition) is 0. The van der Waals surface area contributed by atoms with E-state index in [-0.39, 0.29) is 0 Å². The first-order valence-corrected chi connectivity index (χ1v) is 21.4. The summed E-state index contributed by atoms with van der Waals surface area (Å²) in [5, 5.41) is 0. The summed E-state index contributed by atoms with van der Waals surface area (Å²) < 4.78 is 0. The molecule has 1 aliphatic carbocycles. The number of benzene rings is 8. The van der Waals surface area contributed by atoms with Crippen LogP contribution in [0, 0.1) is 0 Å². The van der Waals surface area contributed by atoms with Gasteiger partial charge in [0, 0.05) is 43.2 Å². The summed E-state index contributed by atoms with van der Waals surface area (Å²) in [5.74, 6) is 3.77. The molecule has 0 saturated carbocycles. The third-order valence-electron chi connectivity index (χ3n) is 11.9. The van der Waals surface area contributed by atoms with Crippen molar-refractivity contribution in [1.82, 2.24) is 29.9 Å². The van der Waals surface area contributed by atoms with Gasteiger partial charge in [-0.25, -0.2) is 29.9 Å². The molecule has 2 aromatic heterocycles. The third kappa shape index (κ3) is 5.81. The first-order valence-electron chi connectivity index (χ1n) is 20.6. The van der Waals surface area contributed by atoms with E-state index in [1.165, 1.54) is 38.3 Å². The highest BCUT2D eigenvalue weighted by Crippen LogP contribution is 2.63. The highest BCUT2D eigenvalue weighted by molar-refractivity contribution is 7.99. The van der Waals surface area contributed by atoms with Crippen molar-refractivity contribution in [1.29, 1.82) is 0 Å². The predicted octanol–water partition coefficient (Wildman–Crippen LogP) is 12.9. The lowest BCUT2D eigenvalue weighted by molar-refractivity contribution is 0.723. The van der Waals surface area contributed by atoms with E-state index in [0.29, 0.717) is 34.9 Å². The molecule has 1 aliphatic heterocycles. The van der Waals surface area contributed by atoms with Gasteiger partial charge in [0.1, 0.15) is 0 Å². The highest BCUT2D eigenvalue weighted by Gasteiger charge is 2.51. The molecule has 2 aliphatic rings. The molecule has 12 rings (SSSR count). The Balaban J connectivity index is 1.11. The second kappa shape index (κ2) is 14.7. The van der Waals surface area contributed by atoms with Crippen LogP contribution in [0.5, 0.6) is 0 Å². The van der Waals surface area contributed by atoms with E-state index >= 15 is 0 Å². The quantitative estimate of drug-likeness (QED) is 0.165. The van der Waals surface area contributed by atoms with Gasteiger partial charge in [0.05, 0.1) is 5.41 Å². The maximum atomic E-state index is 5.23. The Kier molecular flexibility index (Phi) is 8.54. The monoisotopic (exact) mass is 810 g/mol. The van der Waals surface area contributed by atoms with Crippen LogP contribution < -0.4 is 0 Å². The predicted molar refractivity (Wildman–Crippen MR) is 247 cm³/mol. The van der Waals surface area contributed by atoms with Crippen LogP contribution in [-0.2, 0) is 5.41 Å². The van der Waals surface area contributed by atoms with Gasteiger partial charge < -0.3 is 0 Å². The van der Waals surface area contributed by atoms with Crippen molar-refractivity contribution >= 4 is 11.8 Å². The molecular formula is C55H34N6S. The summed E-state index contributed by atoms with van der Waals surface area (Å²) in [4.78, 5) is 33.1. The van der Waals surface area contributed by atoms with Gasteiger partial charge >= 0.3 is 0 Å². The summed E-state index contributed by atoms with van der Waals surface area (Å²) in [6.45, 7) is 0. The van der Waals surface area contributed by atoms with E-state index < -0.39 is 5.41 Å². The molecule has 3 heterocycles. The van der Waals surface area contributed by atoms with Gasteiger partial charge in [-0.1, -0.05) is 206 Å². The van der Waals surface area contributed by atoms with Gasteiger partial charge in [0.15, 0.2) is 34.9 Å². The van der Waals surface area contributed by atoms with Gasteiger partial charge in [0.2, 0.25) is 0 Å². The molecule has 10 aromatic rings. The maximum Gasteiger partial charge on any atom is 0.165 e. The zero-order valence-corrected chi connectivity index (χ0v) is 34.0. The largest absolute Gasteiger partial charge is 0.208 e. The molecular weight excluding hydrogens is 777 g/mol. The molecule has 7 heteroatoms. The van der Waals surface area contributed by atoms with E-state index in [4.69, 9.17) is 29.9 Å². The second-order valence-electron chi connectivity index (χ2n) is 15.4. The minimum absolute atomic E-state index is 0.617.